The second kappa shape index (κ2) is 4.80. The summed E-state index contributed by atoms with van der Waals surface area (Å²) in [5.41, 5.74) is 1.65. The molecule has 0 saturated heterocycles. The van der Waals surface area contributed by atoms with Crippen LogP contribution in [0.5, 0.6) is 0 Å². The van der Waals surface area contributed by atoms with Gasteiger partial charge in [0.25, 0.3) is 0 Å². The highest BCUT2D eigenvalue weighted by atomic mass is 32.2. The van der Waals surface area contributed by atoms with Gasteiger partial charge in [0.1, 0.15) is 0 Å². The fraction of sp³-hybridized carbons (Fsp3) is 0.333. The number of ketones is 1. The van der Waals surface area contributed by atoms with E-state index in [0.29, 0.717) is 22.5 Å². The molecule has 5 nitrogen and oxygen atoms in total. The Morgan fingerprint density at radius 1 is 1.33 bits per heavy atom. The molecule has 1 aliphatic carbocycles. The maximum Gasteiger partial charge on any atom is 0.177 e. The minimum absolute atomic E-state index is 0.0210. The van der Waals surface area contributed by atoms with Crippen molar-refractivity contribution >= 4 is 15.6 Å². The number of sulfone groups is 1. The van der Waals surface area contributed by atoms with Crippen molar-refractivity contribution in [2.24, 2.45) is 5.92 Å². The summed E-state index contributed by atoms with van der Waals surface area (Å²) < 4.78 is 28.8. The van der Waals surface area contributed by atoms with Crippen LogP contribution in [-0.4, -0.2) is 25.6 Å². The SMILES string of the molecule is Cc1ccc(-c2oncc2C(=O)C2CC2)cc1S(C)(=O)=O. The molecule has 0 spiro atoms. The summed E-state index contributed by atoms with van der Waals surface area (Å²) >= 11 is 0. The number of rotatable bonds is 4. The number of carbonyl (C=O) groups excluding carboxylic acids is 1. The summed E-state index contributed by atoms with van der Waals surface area (Å²) in [6.45, 7) is 1.73. The van der Waals surface area contributed by atoms with Crippen LogP contribution in [-0.2, 0) is 9.84 Å². The number of nitrogens with zero attached hydrogens (tertiary/aromatic N) is 1. The summed E-state index contributed by atoms with van der Waals surface area (Å²) in [5.74, 6) is 0.424. The van der Waals surface area contributed by atoms with Crippen LogP contribution in [0, 0.1) is 12.8 Å². The Labute approximate surface area is 122 Å². The normalized spacial score (nSPS) is 15.1. The number of aromatic nitrogens is 1. The molecule has 21 heavy (non-hydrogen) atoms. The van der Waals surface area contributed by atoms with Gasteiger partial charge in [-0.25, -0.2) is 8.42 Å². The molecule has 0 bridgehead atoms. The van der Waals surface area contributed by atoms with Gasteiger partial charge in [0.2, 0.25) is 0 Å². The molecule has 0 radical (unpaired) electrons. The van der Waals surface area contributed by atoms with E-state index in [1.165, 1.54) is 12.3 Å². The first kappa shape index (κ1) is 14.0. The van der Waals surface area contributed by atoms with E-state index < -0.39 is 9.84 Å². The van der Waals surface area contributed by atoms with Gasteiger partial charge < -0.3 is 4.52 Å². The number of hydrogen-bond acceptors (Lipinski definition) is 5. The highest BCUT2D eigenvalue weighted by Gasteiger charge is 2.33. The molecule has 2 aromatic rings. The van der Waals surface area contributed by atoms with Crippen molar-refractivity contribution in [2.45, 2.75) is 24.7 Å². The van der Waals surface area contributed by atoms with Gasteiger partial charge in [-0.05, 0) is 31.4 Å². The highest BCUT2D eigenvalue weighted by molar-refractivity contribution is 7.90. The lowest BCUT2D eigenvalue weighted by atomic mass is 10.0. The van der Waals surface area contributed by atoms with Crippen molar-refractivity contribution in [1.29, 1.82) is 0 Å². The summed E-state index contributed by atoms with van der Waals surface area (Å²) in [5, 5.41) is 3.70. The van der Waals surface area contributed by atoms with Gasteiger partial charge in [0.05, 0.1) is 16.7 Å². The molecule has 1 heterocycles. The largest absolute Gasteiger partial charge is 0.356 e. The lowest BCUT2D eigenvalue weighted by molar-refractivity contribution is 0.0968. The number of carbonyl (C=O) groups is 1. The van der Waals surface area contributed by atoms with Crippen LogP contribution in [0.4, 0.5) is 0 Å². The smallest absolute Gasteiger partial charge is 0.177 e. The maximum atomic E-state index is 12.2. The molecule has 3 rings (SSSR count). The molecular weight excluding hydrogens is 290 g/mol. The van der Waals surface area contributed by atoms with E-state index in [1.807, 2.05) is 0 Å². The van der Waals surface area contributed by atoms with Gasteiger partial charge in [-0.1, -0.05) is 17.3 Å². The van der Waals surface area contributed by atoms with Crippen LogP contribution >= 0.6 is 0 Å². The maximum absolute atomic E-state index is 12.2. The van der Waals surface area contributed by atoms with Crippen molar-refractivity contribution in [3.63, 3.8) is 0 Å². The van der Waals surface area contributed by atoms with Crippen LogP contribution in [0.15, 0.2) is 33.8 Å². The summed E-state index contributed by atoms with van der Waals surface area (Å²) in [6.07, 6.45) is 4.36. The number of benzene rings is 1. The first-order chi connectivity index (χ1) is 9.88. The van der Waals surface area contributed by atoms with Crippen molar-refractivity contribution in [2.75, 3.05) is 6.26 Å². The Morgan fingerprint density at radius 2 is 2.05 bits per heavy atom. The molecule has 110 valence electrons. The van der Waals surface area contributed by atoms with E-state index in [-0.39, 0.29) is 16.6 Å². The van der Waals surface area contributed by atoms with Gasteiger partial charge in [0, 0.05) is 17.7 Å². The van der Waals surface area contributed by atoms with E-state index >= 15 is 0 Å². The second-order valence-corrected chi connectivity index (χ2v) is 7.44. The van der Waals surface area contributed by atoms with E-state index in [1.54, 1.807) is 19.1 Å². The Bertz CT molecular complexity index is 816. The molecule has 1 fully saturated rings. The minimum atomic E-state index is -3.33. The predicted molar refractivity (Wildman–Crippen MR) is 76.8 cm³/mol. The van der Waals surface area contributed by atoms with Gasteiger partial charge in [-0.3, -0.25) is 4.79 Å². The van der Waals surface area contributed by atoms with Gasteiger partial charge in [-0.2, -0.15) is 0 Å². The number of aryl methyl sites for hydroxylation is 1. The Kier molecular flexibility index (Phi) is 3.20. The van der Waals surface area contributed by atoms with Crippen LogP contribution in [0.3, 0.4) is 0 Å². The molecule has 0 aliphatic heterocycles. The van der Waals surface area contributed by atoms with Crippen LogP contribution < -0.4 is 0 Å². The number of Topliss-reactive ketones (excluding diaryl/α,β-unsaturated/α-hetero) is 1. The zero-order valence-corrected chi connectivity index (χ0v) is 12.6. The lowest BCUT2D eigenvalue weighted by Crippen LogP contribution is -2.03. The van der Waals surface area contributed by atoms with Crippen molar-refractivity contribution in [3.05, 3.63) is 35.5 Å². The summed E-state index contributed by atoms with van der Waals surface area (Å²) in [7, 11) is -3.33. The molecular formula is C15H15NO4S. The summed E-state index contributed by atoms with van der Waals surface area (Å²) in [6, 6.07) is 4.99. The Morgan fingerprint density at radius 3 is 2.67 bits per heavy atom. The van der Waals surface area contributed by atoms with Gasteiger partial charge >= 0.3 is 0 Å². The second-order valence-electron chi connectivity index (χ2n) is 5.46. The fourth-order valence-electron chi connectivity index (χ4n) is 2.33. The zero-order valence-electron chi connectivity index (χ0n) is 11.8. The molecule has 1 aromatic heterocycles. The third kappa shape index (κ3) is 2.63. The van der Waals surface area contributed by atoms with E-state index in [0.717, 1.165) is 19.1 Å². The topological polar surface area (TPSA) is 77.2 Å². The highest BCUT2D eigenvalue weighted by Crippen LogP contribution is 2.36. The van der Waals surface area contributed by atoms with Crippen molar-refractivity contribution in [3.8, 4) is 11.3 Å². The lowest BCUT2D eigenvalue weighted by Gasteiger charge is -2.06. The van der Waals surface area contributed by atoms with Crippen LogP contribution in [0.1, 0.15) is 28.8 Å². The van der Waals surface area contributed by atoms with Crippen LogP contribution in [0.25, 0.3) is 11.3 Å². The molecule has 6 heteroatoms. The molecule has 0 atom stereocenters. The molecule has 1 aliphatic rings. The van der Waals surface area contributed by atoms with Crippen molar-refractivity contribution < 1.29 is 17.7 Å². The summed E-state index contributed by atoms with van der Waals surface area (Å²) in [4.78, 5) is 12.4. The van der Waals surface area contributed by atoms with E-state index in [4.69, 9.17) is 4.52 Å². The first-order valence-corrected chi connectivity index (χ1v) is 8.57. The third-order valence-electron chi connectivity index (χ3n) is 3.63. The average molecular weight is 305 g/mol. The average Bonchev–Trinajstić information content (AvgIpc) is 3.15. The quantitative estimate of drug-likeness (QED) is 0.811. The minimum Gasteiger partial charge on any atom is -0.356 e. The Hall–Kier alpha value is -1.95. The molecule has 0 N–H and O–H groups in total. The predicted octanol–water partition coefficient (Wildman–Crippen LogP) is 2.65. The fourth-order valence-corrected chi connectivity index (χ4v) is 3.32. The van der Waals surface area contributed by atoms with Gasteiger partial charge in [-0.15, -0.1) is 0 Å². The van der Waals surface area contributed by atoms with Crippen LogP contribution in [0.2, 0.25) is 0 Å². The van der Waals surface area contributed by atoms with Gasteiger partial charge in [0.15, 0.2) is 21.4 Å². The molecule has 1 aromatic carbocycles. The Balaban J connectivity index is 2.10. The number of hydrogen-bond donors (Lipinski definition) is 0. The third-order valence-corrected chi connectivity index (χ3v) is 4.87. The molecule has 0 amide bonds. The first-order valence-electron chi connectivity index (χ1n) is 6.68. The monoisotopic (exact) mass is 305 g/mol. The molecule has 1 saturated carbocycles. The van der Waals surface area contributed by atoms with Crippen molar-refractivity contribution in [1.82, 2.24) is 5.16 Å². The standard InChI is InChI=1S/C15H15NO4S/c1-9-3-4-11(7-13(9)21(2,18)19)15-12(8-16-20-15)14(17)10-5-6-10/h3-4,7-8,10H,5-6H2,1-2H3. The van der Waals surface area contributed by atoms with E-state index in [9.17, 15) is 13.2 Å². The molecule has 0 unspecified atom stereocenters. The van der Waals surface area contributed by atoms with E-state index in [2.05, 4.69) is 5.16 Å². The zero-order chi connectivity index (χ0) is 15.2.